The Morgan fingerprint density at radius 2 is 1.80 bits per heavy atom. The first-order valence-electron chi connectivity index (χ1n) is 9.68. The highest BCUT2D eigenvalue weighted by Gasteiger charge is 2.16. The second-order valence-corrected chi connectivity index (χ2v) is 7.74. The Kier molecular flexibility index (Phi) is 7.30. The summed E-state index contributed by atoms with van der Waals surface area (Å²) >= 11 is 1.60. The van der Waals surface area contributed by atoms with Gasteiger partial charge in [-0.05, 0) is 55.8 Å². The van der Waals surface area contributed by atoms with Gasteiger partial charge in [0.25, 0.3) is 5.91 Å². The zero-order valence-electron chi connectivity index (χ0n) is 17.7. The van der Waals surface area contributed by atoms with Crippen molar-refractivity contribution in [2.45, 2.75) is 27.0 Å². The predicted octanol–water partition coefficient (Wildman–Crippen LogP) is 4.71. The number of methoxy groups -OCH3 is 2. The Bertz CT molecular complexity index is 985. The first kappa shape index (κ1) is 21.6. The van der Waals surface area contributed by atoms with Crippen molar-refractivity contribution >= 4 is 17.2 Å². The topological polar surface area (TPSA) is 60.9 Å². The van der Waals surface area contributed by atoms with Gasteiger partial charge in [-0.1, -0.05) is 6.07 Å². The van der Waals surface area contributed by atoms with Crippen LogP contribution in [0.15, 0.2) is 47.8 Å². The molecule has 6 nitrogen and oxygen atoms in total. The number of hydrogen-bond acceptors (Lipinski definition) is 6. The SMILES string of the molecule is CCN(Cc1ccc(OC)c(OC)c1)C(=O)c1ccc(OCc2csc(C)n2)cc1. The molecule has 2 aromatic carbocycles. The molecule has 0 bridgehead atoms. The van der Waals surface area contributed by atoms with Crippen LogP contribution >= 0.6 is 11.3 Å². The van der Waals surface area contributed by atoms with Gasteiger partial charge in [0.2, 0.25) is 0 Å². The van der Waals surface area contributed by atoms with Crippen LogP contribution in [0.3, 0.4) is 0 Å². The van der Waals surface area contributed by atoms with Gasteiger partial charge >= 0.3 is 0 Å². The lowest BCUT2D eigenvalue weighted by Crippen LogP contribution is -2.30. The van der Waals surface area contributed by atoms with E-state index in [4.69, 9.17) is 14.2 Å². The number of nitrogens with zero attached hydrogens (tertiary/aromatic N) is 2. The molecule has 1 aromatic heterocycles. The standard InChI is InChI=1S/C23H26N2O4S/c1-5-25(13-17-6-11-21(27-3)22(12-17)28-4)23(26)18-7-9-20(10-8-18)29-14-19-15-30-16(2)24-19/h6-12,15H,5,13-14H2,1-4H3. The zero-order valence-corrected chi connectivity index (χ0v) is 18.5. The van der Waals surface area contributed by atoms with Gasteiger partial charge in [0, 0.05) is 24.0 Å². The number of benzene rings is 2. The summed E-state index contributed by atoms with van der Waals surface area (Å²) in [4.78, 5) is 19.1. The molecule has 0 N–H and O–H groups in total. The molecule has 0 fully saturated rings. The van der Waals surface area contributed by atoms with E-state index < -0.39 is 0 Å². The van der Waals surface area contributed by atoms with Crippen molar-refractivity contribution < 1.29 is 19.0 Å². The molecule has 0 radical (unpaired) electrons. The van der Waals surface area contributed by atoms with E-state index in [0.717, 1.165) is 16.3 Å². The van der Waals surface area contributed by atoms with Crippen LogP contribution in [-0.2, 0) is 13.2 Å². The first-order chi connectivity index (χ1) is 14.5. The summed E-state index contributed by atoms with van der Waals surface area (Å²) in [5.41, 5.74) is 2.50. The molecule has 1 amide bonds. The second-order valence-electron chi connectivity index (χ2n) is 6.68. The zero-order chi connectivity index (χ0) is 21.5. The minimum absolute atomic E-state index is 0.0334. The van der Waals surface area contributed by atoms with Crippen LogP contribution in [0.25, 0.3) is 0 Å². The van der Waals surface area contributed by atoms with Gasteiger partial charge in [0.1, 0.15) is 12.4 Å². The van der Waals surface area contributed by atoms with Crippen molar-refractivity contribution in [2.24, 2.45) is 0 Å². The molecule has 0 aliphatic rings. The molecule has 7 heteroatoms. The van der Waals surface area contributed by atoms with Crippen LogP contribution in [0.4, 0.5) is 0 Å². The minimum atomic E-state index is -0.0334. The van der Waals surface area contributed by atoms with Gasteiger partial charge < -0.3 is 19.1 Å². The van der Waals surface area contributed by atoms with E-state index in [2.05, 4.69) is 4.98 Å². The Balaban J connectivity index is 1.65. The highest BCUT2D eigenvalue weighted by Crippen LogP contribution is 2.28. The summed E-state index contributed by atoms with van der Waals surface area (Å²) in [5, 5.41) is 3.00. The van der Waals surface area contributed by atoms with Crippen LogP contribution in [0.2, 0.25) is 0 Å². The number of rotatable bonds is 9. The summed E-state index contributed by atoms with van der Waals surface area (Å²) in [6, 6.07) is 12.9. The highest BCUT2D eigenvalue weighted by molar-refractivity contribution is 7.09. The lowest BCUT2D eigenvalue weighted by molar-refractivity contribution is 0.0752. The Labute approximate surface area is 181 Å². The number of thiazole rings is 1. The predicted molar refractivity (Wildman–Crippen MR) is 118 cm³/mol. The number of carbonyl (C=O) groups is 1. The third-order valence-corrected chi connectivity index (χ3v) is 5.47. The van der Waals surface area contributed by atoms with Gasteiger partial charge in [-0.25, -0.2) is 4.98 Å². The van der Waals surface area contributed by atoms with Crippen molar-refractivity contribution in [1.82, 2.24) is 9.88 Å². The van der Waals surface area contributed by atoms with E-state index in [1.807, 2.05) is 49.6 Å². The van der Waals surface area contributed by atoms with Gasteiger partial charge in [0.05, 0.1) is 24.9 Å². The molecular weight excluding hydrogens is 400 g/mol. The Hall–Kier alpha value is -3.06. The number of ether oxygens (including phenoxy) is 3. The fraction of sp³-hybridized carbons (Fsp3) is 0.304. The third-order valence-electron chi connectivity index (χ3n) is 4.64. The lowest BCUT2D eigenvalue weighted by atomic mass is 10.1. The lowest BCUT2D eigenvalue weighted by Gasteiger charge is -2.22. The fourth-order valence-electron chi connectivity index (χ4n) is 3.03. The van der Waals surface area contributed by atoms with E-state index >= 15 is 0 Å². The average molecular weight is 427 g/mol. The molecule has 3 aromatic rings. The van der Waals surface area contributed by atoms with Crippen molar-refractivity contribution in [3.8, 4) is 17.2 Å². The highest BCUT2D eigenvalue weighted by atomic mass is 32.1. The largest absolute Gasteiger partial charge is 0.493 e. The van der Waals surface area contributed by atoms with E-state index in [1.165, 1.54) is 0 Å². The van der Waals surface area contributed by atoms with Crippen LogP contribution in [0, 0.1) is 6.92 Å². The number of aryl methyl sites for hydroxylation is 1. The second kappa shape index (κ2) is 10.1. The van der Waals surface area contributed by atoms with Gasteiger partial charge in [-0.3, -0.25) is 4.79 Å². The van der Waals surface area contributed by atoms with Crippen molar-refractivity contribution in [3.63, 3.8) is 0 Å². The Morgan fingerprint density at radius 1 is 1.07 bits per heavy atom. The smallest absolute Gasteiger partial charge is 0.254 e. The minimum Gasteiger partial charge on any atom is -0.493 e. The average Bonchev–Trinajstić information content (AvgIpc) is 3.20. The van der Waals surface area contributed by atoms with Crippen LogP contribution in [0.5, 0.6) is 17.2 Å². The summed E-state index contributed by atoms with van der Waals surface area (Å²) in [6.07, 6.45) is 0. The number of amides is 1. The maximum absolute atomic E-state index is 13.0. The maximum atomic E-state index is 13.0. The molecule has 1 heterocycles. The van der Waals surface area contributed by atoms with Gasteiger partial charge in [-0.2, -0.15) is 0 Å². The summed E-state index contributed by atoms with van der Waals surface area (Å²) < 4.78 is 16.4. The maximum Gasteiger partial charge on any atom is 0.254 e. The number of hydrogen-bond donors (Lipinski definition) is 0. The van der Waals surface area contributed by atoms with Crippen LogP contribution < -0.4 is 14.2 Å². The quantitative estimate of drug-likeness (QED) is 0.496. The van der Waals surface area contributed by atoms with E-state index in [9.17, 15) is 4.79 Å². The van der Waals surface area contributed by atoms with E-state index in [-0.39, 0.29) is 5.91 Å². The molecule has 0 atom stereocenters. The third kappa shape index (κ3) is 5.30. The molecule has 30 heavy (non-hydrogen) atoms. The fourth-order valence-corrected chi connectivity index (χ4v) is 3.63. The molecule has 0 unspecified atom stereocenters. The number of aromatic nitrogens is 1. The molecule has 158 valence electrons. The molecule has 0 saturated heterocycles. The van der Waals surface area contributed by atoms with Gasteiger partial charge in [0.15, 0.2) is 11.5 Å². The summed E-state index contributed by atoms with van der Waals surface area (Å²) in [7, 11) is 3.20. The molecular formula is C23H26N2O4S. The molecule has 3 rings (SSSR count). The van der Waals surface area contributed by atoms with Crippen molar-refractivity contribution in [2.75, 3.05) is 20.8 Å². The molecule has 0 saturated carbocycles. The molecule has 0 spiro atoms. The molecule has 0 aliphatic heterocycles. The summed E-state index contributed by atoms with van der Waals surface area (Å²) in [5.74, 6) is 1.99. The first-order valence-corrected chi connectivity index (χ1v) is 10.6. The van der Waals surface area contributed by atoms with E-state index in [1.54, 1.807) is 42.6 Å². The van der Waals surface area contributed by atoms with Gasteiger partial charge in [-0.15, -0.1) is 11.3 Å². The van der Waals surface area contributed by atoms with Crippen LogP contribution in [-0.4, -0.2) is 36.6 Å². The van der Waals surface area contributed by atoms with Crippen molar-refractivity contribution in [3.05, 3.63) is 69.7 Å². The monoisotopic (exact) mass is 426 g/mol. The Morgan fingerprint density at radius 3 is 2.40 bits per heavy atom. The molecule has 0 aliphatic carbocycles. The summed E-state index contributed by atoms with van der Waals surface area (Å²) in [6.45, 7) is 5.42. The van der Waals surface area contributed by atoms with E-state index in [0.29, 0.717) is 42.5 Å². The van der Waals surface area contributed by atoms with Crippen molar-refractivity contribution in [1.29, 1.82) is 0 Å². The normalized spacial score (nSPS) is 10.5. The van der Waals surface area contributed by atoms with Crippen LogP contribution in [0.1, 0.15) is 33.5 Å². The number of carbonyl (C=O) groups excluding carboxylic acids is 1.